The van der Waals surface area contributed by atoms with Gasteiger partial charge in [0, 0.05) is 28.7 Å². The van der Waals surface area contributed by atoms with E-state index in [0.29, 0.717) is 18.8 Å². The number of fused-ring (bicyclic) bond motifs is 1. The molecule has 0 bridgehead atoms. The van der Waals surface area contributed by atoms with Crippen LogP contribution in [0.2, 0.25) is 0 Å². The molecule has 3 aromatic carbocycles. The standard InChI is InChI=1S/C27H23N5O2/c1-19-26(30-31-32(19)24-12-7-10-21-18-28-15-14-22(21)24)27(33)29-16-17-34-25-13-6-5-11-23(25)20-8-3-2-4-9-20/h2-15,18H,16-17H2,1H3,(H,29,33). The maximum absolute atomic E-state index is 12.8. The molecule has 0 saturated carbocycles. The maximum Gasteiger partial charge on any atom is 0.273 e. The Bertz CT molecular complexity index is 1440. The number of aromatic nitrogens is 4. The molecule has 2 heterocycles. The molecule has 0 fully saturated rings. The minimum absolute atomic E-state index is 0.286. The lowest BCUT2D eigenvalue weighted by atomic mass is 10.1. The van der Waals surface area contributed by atoms with Crippen molar-refractivity contribution in [1.82, 2.24) is 25.3 Å². The highest BCUT2D eigenvalue weighted by molar-refractivity contribution is 5.94. The number of ether oxygens (including phenoxy) is 1. The summed E-state index contributed by atoms with van der Waals surface area (Å²) in [6.07, 6.45) is 3.54. The predicted molar refractivity (Wildman–Crippen MR) is 131 cm³/mol. The summed E-state index contributed by atoms with van der Waals surface area (Å²) in [6, 6.07) is 25.7. The largest absolute Gasteiger partial charge is 0.491 e. The molecule has 0 saturated heterocycles. The first-order chi connectivity index (χ1) is 16.7. The number of carbonyl (C=O) groups excluding carboxylic acids is 1. The van der Waals surface area contributed by atoms with Crippen molar-refractivity contribution < 1.29 is 9.53 Å². The molecule has 1 amide bonds. The third-order valence-electron chi connectivity index (χ3n) is 5.61. The zero-order valence-electron chi connectivity index (χ0n) is 18.7. The molecule has 0 aliphatic carbocycles. The fourth-order valence-electron chi connectivity index (χ4n) is 3.92. The first-order valence-electron chi connectivity index (χ1n) is 11.0. The van der Waals surface area contributed by atoms with E-state index < -0.39 is 0 Å². The van der Waals surface area contributed by atoms with Gasteiger partial charge in [0.25, 0.3) is 5.91 Å². The first-order valence-corrected chi connectivity index (χ1v) is 11.0. The van der Waals surface area contributed by atoms with E-state index >= 15 is 0 Å². The van der Waals surface area contributed by atoms with Gasteiger partial charge in [-0.3, -0.25) is 9.78 Å². The van der Waals surface area contributed by atoms with Crippen molar-refractivity contribution in [2.45, 2.75) is 6.92 Å². The summed E-state index contributed by atoms with van der Waals surface area (Å²) in [4.78, 5) is 16.9. The zero-order chi connectivity index (χ0) is 23.3. The van der Waals surface area contributed by atoms with Crippen molar-refractivity contribution in [1.29, 1.82) is 0 Å². The number of benzene rings is 3. The van der Waals surface area contributed by atoms with Crippen LogP contribution in [0.3, 0.4) is 0 Å². The minimum Gasteiger partial charge on any atom is -0.491 e. The highest BCUT2D eigenvalue weighted by atomic mass is 16.5. The highest BCUT2D eigenvalue weighted by Crippen LogP contribution is 2.29. The van der Waals surface area contributed by atoms with Gasteiger partial charge in [-0.2, -0.15) is 0 Å². The van der Waals surface area contributed by atoms with Gasteiger partial charge >= 0.3 is 0 Å². The molecule has 0 unspecified atom stereocenters. The van der Waals surface area contributed by atoms with E-state index in [0.717, 1.165) is 33.3 Å². The number of para-hydroxylation sites is 1. The number of rotatable bonds is 7. The maximum atomic E-state index is 12.8. The van der Waals surface area contributed by atoms with Crippen molar-refractivity contribution >= 4 is 16.7 Å². The van der Waals surface area contributed by atoms with Crippen LogP contribution in [0.15, 0.2) is 91.3 Å². The zero-order valence-corrected chi connectivity index (χ0v) is 18.7. The van der Waals surface area contributed by atoms with E-state index in [1.807, 2.05) is 85.8 Å². The van der Waals surface area contributed by atoms with Crippen LogP contribution in [-0.2, 0) is 0 Å². The number of hydrogen-bond acceptors (Lipinski definition) is 5. The van der Waals surface area contributed by atoms with Gasteiger partial charge in [-0.15, -0.1) is 5.10 Å². The third kappa shape index (κ3) is 4.23. The van der Waals surface area contributed by atoms with Crippen molar-refractivity contribution in [2.75, 3.05) is 13.2 Å². The molecule has 1 N–H and O–H groups in total. The molecular formula is C27H23N5O2. The second-order valence-corrected chi connectivity index (χ2v) is 7.78. The van der Waals surface area contributed by atoms with Gasteiger partial charge in [-0.05, 0) is 30.7 Å². The predicted octanol–water partition coefficient (Wildman–Crippen LogP) is 4.60. The van der Waals surface area contributed by atoms with Crippen molar-refractivity contribution in [2.24, 2.45) is 0 Å². The highest BCUT2D eigenvalue weighted by Gasteiger charge is 2.18. The summed E-state index contributed by atoms with van der Waals surface area (Å²) in [5, 5.41) is 13.2. The topological polar surface area (TPSA) is 81.9 Å². The summed E-state index contributed by atoms with van der Waals surface area (Å²) in [5.74, 6) is 0.487. The average molecular weight is 450 g/mol. The van der Waals surface area contributed by atoms with Crippen LogP contribution in [0.25, 0.3) is 27.6 Å². The number of hydrogen-bond donors (Lipinski definition) is 1. The van der Waals surface area contributed by atoms with Crippen LogP contribution in [0, 0.1) is 6.92 Å². The summed E-state index contributed by atoms with van der Waals surface area (Å²) in [6.45, 7) is 2.51. The van der Waals surface area contributed by atoms with E-state index in [2.05, 4.69) is 20.6 Å². The normalized spacial score (nSPS) is 10.9. The van der Waals surface area contributed by atoms with Crippen molar-refractivity contribution in [3.8, 4) is 22.6 Å². The lowest BCUT2D eigenvalue weighted by molar-refractivity contribution is 0.0941. The van der Waals surface area contributed by atoms with E-state index in [1.165, 1.54) is 0 Å². The fraction of sp³-hybridized carbons (Fsp3) is 0.111. The van der Waals surface area contributed by atoms with Gasteiger partial charge < -0.3 is 10.1 Å². The Morgan fingerprint density at radius 2 is 1.79 bits per heavy atom. The van der Waals surface area contributed by atoms with Crippen LogP contribution in [0.5, 0.6) is 5.75 Å². The molecule has 0 aliphatic rings. The molecule has 34 heavy (non-hydrogen) atoms. The summed E-state index contributed by atoms with van der Waals surface area (Å²) < 4.78 is 7.65. The SMILES string of the molecule is Cc1c(C(=O)NCCOc2ccccc2-c2ccccc2)nnn1-c1cccc2cnccc12. The van der Waals surface area contributed by atoms with Gasteiger partial charge in [0.2, 0.25) is 0 Å². The quantitative estimate of drug-likeness (QED) is 0.367. The Balaban J connectivity index is 1.25. The van der Waals surface area contributed by atoms with Crippen molar-refractivity contribution in [3.63, 3.8) is 0 Å². The average Bonchev–Trinajstić information content (AvgIpc) is 3.28. The second kappa shape index (κ2) is 9.54. The molecule has 0 aliphatic heterocycles. The number of nitrogens with one attached hydrogen (secondary N) is 1. The Hall–Kier alpha value is -4.52. The summed E-state index contributed by atoms with van der Waals surface area (Å²) >= 11 is 0. The van der Waals surface area contributed by atoms with Crippen LogP contribution >= 0.6 is 0 Å². The number of pyridine rings is 1. The Kier molecular flexibility index (Phi) is 5.99. The first kappa shape index (κ1) is 21.3. The number of carbonyl (C=O) groups is 1. The van der Waals surface area contributed by atoms with Gasteiger partial charge in [-0.1, -0.05) is 65.9 Å². The van der Waals surface area contributed by atoms with Gasteiger partial charge in [0.05, 0.1) is 17.9 Å². The van der Waals surface area contributed by atoms with E-state index in [9.17, 15) is 4.79 Å². The minimum atomic E-state index is -0.286. The Morgan fingerprint density at radius 1 is 0.971 bits per heavy atom. The molecule has 0 radical (unpaired) electrons. The molecule has 7 heteroatoms. The number of amides is 1. The molecule has 2 aromatic heterocycles. The summed E-state index contributed by atoms with van der Waals surface area (Å²) in [5.41, 5.74) is 3.90. The molecular weight excluding hydrogens is 426 g/mol. The Labute approximate surface area is 197 Å². The molecule has 168 valence electrons. The lowest BCUT2D eigenvalue weighted by Crippen LogP contribution is -2.29. The molecule has 5 aromatic rings. The van der Waals surface area contributed by atoms with Crippen LogP contribution in [0.4, 0.5) is 0 Å². The second-order valence-electron chi connectivity index (χ2n) is 7.78. The Morgan fingerprint density at radius 3 is 2.68 bits per heavy atom. The fourth-order valence-corrected chi connectivity index (χ4v) is 3.92. The monoisotopic (exact) mass is 449 g/mol. The lowest BCUT2D eigenvalue weighted by Gasteiger charge is -2.12. The third-order valence-corrected chi connectivity index (χ3v) is 5.61. The van der Waals surface area contributed by atoms with Crippen LogP contribution in [0.1, 0.15) is 16.2 Å². The van der Waals surface area contributed by atoms with Crippen LogP contribution in [-0.4, -0.2) is 39.0 Å². The molecule has 7 nitrogen and oxygen atoms in total. The van der Waals surface area contributed by atoms with Crippen molar-refractivity contribution in [3.05, 3.63) is 103 Å². The van der Waals surface area contributed by atoms with Gasteiger partial charge in [-0.25, -0.2) is 4.68 Å². The van der Waals surface area contributed by atoms with E-state index in [1.54, 1.807) is 17.1 Å². The van der Waals surface area contributed by atoms with Gasteiger partial charge in [0.1, 0.15) is 12.4 Å². The van der Waals surface area contributed by atoms with E-state index in [4.69, 9.17) is 4.74 Å². The van der Waals surface area contributed by atoms with Crippen LogP contribution < -0.4 is 10.1 Å². The van der Waals surface area contributed by atoms with E-state index in [-0.39, 0.29) is 11.6 Å². The smallest absolute Gasteiger partial charge is 0.273 e. The summed E-state index contributed by atoms with van der Waals surface area (Å²) in [7, 11) is 0. The van der Waals surface area contributed by atoms with Gasteiger partial charge in [0.15, 0.2) is 5.69 Å². The molecule has 0 atom stereocenters. The molecule has 0 spiro atoms. The number of nitrogens with zero attached hydrogens (tertiary/aromatic N) is 4. The molecule has 5 rings (SSSR count).